The molecule has 148 valence electrons. The van der Waals surface area contributed by atoms with E-state index in [1.54, 1.807) is 36.3 Å². The molecular formula is C22H22N4O3. The maximum absolute atomic E-state index is 12.8. The number of carbonyl (C=O) groups is 2. The molecule has 29 heavy (non-hydrogen) atoms. The zero-order valence-corrected chi connectivity index (χ0v) is 16.2. The predicted molar refractivity (Wildman–Crippen MR) is 107 cm³/mol. The van der Waals surface area contributed by atoms with Crippen LogP contribution in [0.3, 0.4) is 0 Å². The smallest absolute Gasteiger partial charge is 0.276 e. The summed E-state index contributed by atoms with van der Waals surface area (Å²) in [7, 11) is 1.60. The summed E-state index contributed by atoms with van der Waals surface area (Å²) in [6, 6.07) is 16.6. The molecule has 0 aliphatic carbocycles. The number of ketones is 1. The van der Waals surface area contributed by atoms with Crippen molar-refractivity contribution in [2.75, 3.05) is 20.2 Å². The maximum atomic E-state index is 12.8. The van der Waals surface area contributed by atoms with Gasteiger partial charge in [-0.15, -0.1) is 5.10 Å². The van der Waals surface area contributed by atoms with Crippen LogP contribution in [0.25, 0.3) is 5.69 Å². The summed E-state index contributed by atoms with van der Waals surface area (Å²) >= 11 is 0. The second kappa shape index (κ2) is 8.26. The molecule has 1 aromatic heterocycles. The molecule has 2 aromatic carbocycles. The van der Waals surface area contributed by atoms with Crippen LogP contribution in [0.4, 0.5) is 0 Å². The van der Waals surface area contributed by atoms with Crippen LogP contribution in [-0.4, -0.2) is 51.8 Å². The molecule has 1 aliphatic heterocycles. The van der Waals surface area contributed by atoms with E-state index in [9.17, 15) is 9.59 Å². The normalized spacial score (nSPS) is 14.6. The number of methoxy groups -OCH3 is 1. The lowest BCUT2D eigenvalue weighted by molar-refractivity contribution is 0.0645. The second-order valence-electron chi connectivity index (χ2n) is 7.01. The first-order valence-corrected chi connectivity index (χ1v) is 9.61. The molecule has 3 aromatic rings. The Morgan fingerprint density at radius 1 is 1.00 bits per heavy atom. The molecule has 0 radical (unpaired) electrons. The first kappa shape index (κ1) is 18.9. The van der Waals surface area contributed by atoms with E-state index in [0.717, 1.165) is 11.4 Å². The Hall–Kier alpha value is -3.48. The summed E-state index contributed by atoms with van der Waals surface area (Å²) in [4.78, 5) is 28.7. The summed E-state index contributed by atoms with van der Waals surface area (Å²) in [6.45, 7) is 1.06. The molecule has 1 saturated heterocycles. The van der Waals surface area contributed by atoms with Gasteiger partial charge in [0.05, 0.1) is 19.0 Å². The quantitative estimate of drug-likeness (QED) is 0.626. The fraction of sp³-hybridized carbons (Fsp3) is 0.273. The van der Waals surface area contributed by atoms with Crippen molar-refractivity contribution in [1.82, 2.24) is 19.9 Å². The highest BCUT2D eigenvalue weighted by Gasteiger charge is 2.29. The standard InChI is InChI=1S/C22H22N4O3/c1-29-19-9-7-16(8-10-19)21(27)17-11-13-25(14-12-17)22(28)20-15-23-26(24-20)18-5-3-2-4-6-18/h2-10,15,17H,11-14H2,1H3. The Morgan fingerprint density at radius 2 is 1.69 bits per heavy atom. The number of piperidine rings is 1. The van der Waals surface area contributed by atoms with Crippen molar-refractivity contribution >= 4 is 11.7 Å². The zero-order valence-electron chi connectivity index (χ0n) is 16.2. The van der Waals surface area contributed by atoms with Gasteiger partial charge in [-0.3, -0.25) is 9.59 Å². The van der Waals surface area contributed by atoms with Gasteiger partial charge in [0.2, 0.25) is 0 Å². The molecule has 0 unspecified atom stereocenters. The largest absolute Gasteiger partial charge is 0.497 e. The lowest BCUT2D eigenvalue weighted by Gasteiger charge is -2.30. The van der Waals surface area contributed by atoms with Crippen LogP contribution in [0.15, 0.2) is 60.8 Å². The number of Topliss-reactive ketones (excluding diaryl/α,β-unsaturated/α-hetero) is 1. The Bertz CT molecular complexity index is 990. The van der Waals surface area contributed by atoms with Crippen LogP contribution >= 0.6 is 0 Å². The lowest BCUT2D eigenvalue weighted by Crippen LogP contribution is -2.40. The molecule has 7 heteroatoms. The number of amides is 1. The minimum absolute atomic E-state index is 0.0764. The minimum atomic E-state index is -0.150. The van der Waals surface area contributed by atoms with Crippen molar-refractivity contribution in [2.45, 2.75) is 12.8 Å². The predicted octanol–water partition coefficient (Wildman–Crippen LogP) is 3.01. The fourth-order valence-corrected chi connectivity index (χ4v) is 3.54. The Morgan fingerprint density at radius 3 is 2.34 bits per heavy atom. The van der Waals surface area contributed by atoms with Gasteiger partial charge in [-0.1, -0.05) is 18.2 Å². The maximum Gasteiger partial charge on any atom is 0.276 e. The Balaban J connectivity index is 1.37. The topological polar surface area (TPSA) is 77.3 Å². The molecular weight excluding hydrogens is 368 g/mol. The van der Waals surface area contributed by atoms with Crippen LogP contribution in [-0.2, 0) is 0 Å². The van der Waals surface area contributed by atoms with Gasteiger partial charge in [0, 0.05) is 24.6 Å². The monoisotopic (exact) mass is 390 g/mol. The van der Waals surface area contributed by atoms with E-state index in [0.29, 0.717) is 37.2 Å². The molecule has 1 fully saturated rings. The molecule has 1 amide bonds. The van der Waals surface area contributed by atoms with Crippen LogP contribution in [0.1, 0.15) is 33.7 Å². The van der Waals surface area contributed by atoms with Crippen molar-refractivity contribution in [3.63, 3.8) is 0 Å². The highest BCUT2D eigenvalue weighted by Crippen LogP contribution is 2.24. The average molecular weight is 390 g/mol. The van der Waals surface area contributed by atoms with Crippen LogP contribution in [0, 0.1) is 5.92 Å². The summed E-state index contributed by atoms with van der Waals surface area (Å²) in [5.41, 5.74) is 1.80. The summed E-state index contributed by atoms with van der Waals surface area (Å²) < 4.78 is 5.14. The summed E-state index contributed by atoms with van der Waals surface area (Å²) in [6.07, 6.45) is 2.77. The van der Waals surface area contributed by atoms with Crippen molar-refractivity contribution in [3.8, 4) is 11.4 Å². The van der Waals surface area contributed by atoms with Crippen LogP contribution in [0.2, 0.25) is 0 Å². The number of hydrogen-bond acceptors (Lipinski definition) is 5. The number of aromatic nitrogens is 3. The highest BCUT2D eigenvalue weighted by molar-refractivity contribution is 5.98. The number of carbonyl (C=O) groups excluding carboxylic acids is 2. The molecule has 0 bridgehead atoms. The number of para-hydroxylation sites is 1. The molecule has 4 rings (SSSR count). The number of nitrogens with zero attached hydrogens (tertiary/aromatic N) is 4. The van der Waals surface area contributed by atoms with E-state index in [-0.39, 0.29) is 17.6 Å². The number of rotatable bonds is 5. The molecule has 0 spiro atoms. The van der Waals surface area contributed by atoms with Gasteiger partial charge in [-0.25, -0.2) is 0 Å². The molecule has 0 N–H and O–H groups in total. The van der Waals surface area contributed by atoms with Crippen LogP contribution in [0.5, 0.6) is 5.75 Å². The number of ether oxygens (including phenoxy) is 1. The van der Waals surface area contributed by atoms with Crippen molar-refractivity contribution < 1.29 is 14.3 Å². The van der Waals surface area contributed by atoms with E-state index in [2.05, 4.69) is 10.2 Å². The molecule has 0 saturated carbocycles. The van der Waals surface area contributed by atoms with Crippen molar-refractivity contribution in [2.24, 2.45) is 5.92 Å². The Kier molecular flexibility index (Phi) is 5.37. The first-order chi connectivity index (χ1) is 14.2. The van der Waals surface area contributed by atoms with Gasteiger partial charge >= 0.3 is 0 Å². The SMILES string of the molecule is COc1ccc(C(=O)C2CCN(C(=O)c3cnn(-c4ccccc4)n3)CC2)cc1. The van der Waals surface area contributed by atoms with E-state index >= 15 is 0 Å². The minimum Gasteiger partial charge on any atom is -0.497 e. The molecule has 0 atom stereocenters. The van der Waals surface area contributed by atoms with E-state index in [1.807, 2.05) is 30.3 Å². The van der Waals surface area contributed by atoms with Gasteiger partial charge in [-0.2, -0.15) is 9.90 Å². The van der Waals surface area contributed by atoms with Gasteiger partial charge in [0.25, 0.3) is 5.91 Å². The molecule has 1 aliphatic rings. The van der Waals surface area contributed by atoms with Gasteiger partial charge < -0.3 is 9.64 Å². The van der Waals surface area contributed by atoms with Crippen molar-refractivity contribution in [1.29, 1.82) is 0 Å². The first-order valence-electron chi connectivity index (χ1n) is 9.61. The third-order valence-electron chi connectivity index (χ3n) is 5.23. The fourth-order valence-electron chi connectivity index (χ4n) is 3.54. The summed E-state index contributed by atoms with van der Waals surface area (Å²) in [5.74, 6) is 0.621. The van der Waals surface area contributed by atoms with Gasteiger partial charge in [0.1, 0.15) is 5.75 Å². The zero-order chi connectivity index (χ0) is 20.2. The third-order valence-corrected chi connectivity index (χ3v) is 5.23. The van der Waals surface area contributed by atoms with E-state index < -0.39 is 0 Å². The van der Waals surface area contributed by atoms with Gasteiger partial charge in [0.15, 0.2) is 11.5 Å². The van der Waals surface area contributed by atoms with E-state index in [4.69, 9.17) is 4.74 Å². The second-order valence-corrected chi connectivity index (χ2v) is 7.01. The average Bonchev–Trinajstić information content (AvgIpc) is 3.29. The molecule has 7 nitrogen and oxygen atoms in total. The molecule has 2 heterocycles. The number of hydrogen-bond donors (Lipinski definition) is 0. The lowest BCUT2D eigenvalue weighted by atomic mass is 9.89. The summed E-state index contributed by atoms with van der Waals surface area (Å²) in [5, 5.41) is 8.50. The highest BCUT2D eigenvalue weighted by atomic mass is 16.5. The van der Waals surface area contributed by atoms with Crippen molar-refractivity contribution in [3.05, 3.63) is 72.1 Å². The Labute approximate surface area is 168 Å². The number of benzene rings is 2. The van der Waals surface area contributed by atoms with Crippen LogP contribution < -0.4 is 4.74 Å². The number of likely N-dealkylation sites (tertiary alicyclic amines) is 1. The van der Waals surface area contributed by atoms with E-state index in [1.165, 1.54) is 11.0 Å². The third kappa shape index (κ3) is 4.03. The van der Waals surface area contributed by atoms with Gasteiger partial charge in [-0.05, 0) is 49.2 Å².